The second kappa shape index (κ2) is 10.4. The van der Waals surface area contributed by atoms with Crippen molar-refractivity contribution in [2.45, 2.75) is 12.8 Å². The van der Waals surface area contributed by atoms with Crippen LogP contribution in [0.1, 0.15) is 12.0 Å². The van der Waals surface area contributed by atoms with Gasteiger partial charge in [-0.1, -0.05) is 54.1 Å². The highest BCUT2D eigenvalue weighted by Gasteiger charge is 2.04. The van der Waals surface area contributed by atoms with Gasteiger partial charge in [0, 0.05) is 22.5 Å². The standard InChI is InChI=1S/C23H23ClN2O2/c24-19-10-4-12-21(15-19)26-23(27)17-25-20-11-5-13-22(16-20)28-14-6-9-18-7-2-1-3-8-18/h1-5,7-8,10-13,15-16,25H,6,9,14,17H2,(H,26,27). The van der Waals surface area contributed by atoms with Crippen LogP contribution in [-0.2, 0) is 11.2 Å². The van der Waals surface area contributed by atoms with Crippen LogP contribution in [0.5, 0.6) is 5.75 Å². The molecule has 0 radical (unpaired) electrons. The molecule has 3 aromatic carbocycles. The molecule has 28 heavy (non-hydrogen) atoms. The van der Waals surface area contributed by atoms with Crippen LogP contribution in [0.3, 0.4) is 0 Å². The lowest BCUT2D eigenvalue weighted by Crippen LogP contribution is -2.21. The summed E-state index contributed by atoms with van der Waals surface area (Å²) < 4.78 is 5.83. The van der Waals surface area contributed by atoms with E-state index < -0.39 is 0 Å². The number of hydrogen-bond acceptors (Lipinski definition) is 3. The number of hydrogen-bond donors (Lipinski definition) is 2. The zero-order chi connectivity index (χ0) is 19.6. The van der Waals surface area contributed by atoms with Gasteiger partial charge < -0.3 is 15.4 Å². The fourth-order valence-electron chi connectivity index (χ4n) is 2.76. The molecule has 4 nitrogen and oxygen atoms in total. The van der Waals surface area contributed by atoms with Gasteiger partial charge in [0.15, 0.2) is 0 Å². The highest BCUT2D eigenvalue weighted by molar-refractivity contribution is 6.30. The Morgan fingerprint density at radius 1 is 0.893 bits per heavy atom. The largest absolute Gasteiger partial charge is 0.494 e. The number of rotatable bonds is 9. The van der Waals surface area contributed by atoms with E-state index in [9.17, 15) is 4.79 Å². The van der Waals surface area contributed by atoms with Crippen molar-refractivity contribution in [3.8, 4) is 5.75 Å². The Bertz CT molecular complexity index is 900. The maximum absolute atomic E-state index is 12.1. The number of halogens is 1. The van der Waals surface area contributed by atoms with Gasteiger partial charge in [0.1, 0.15) is 5.75 Å². The van der Waals surface area contributed by atoms with Crippen LogP contribution >= 0.6 is 11.6 Å². The summed E-state index contributed by atoms with van der Waals surface area (Å²) in [6.07, 6.45) is 1.94. The molecule has 0 saturated heterocycles. The van der Waals surface area contributed by atoms with Crippen LogP contribution < -0.4 is 15.4 Å². The van der Waals surface area contributed by atoms with Gasteiger partial charge in [-0.15, -0.1) is 0 Å². The summed E-state index contributed by atoms with van der Waals surface area (Å²) in [6, 6.07) is 25.1. The maximum atomic E-state index is 12.1. The van der Waals surface area contributed by atoms with Crippen molar-refractivity contribution in [3.63, 3.8) is 0 Å². The van der Waals surface area contributed by atoms with Crippen molar-refractivity contribution < 1.29 is 9.53 Å². The molecule has 2 N–H and O–H groups in total. The van der Waals surface area contributed by atoms with Gasteiger partial charge in [-0.3, -0.25) is 4.79 Å². The summed E-state index contributed by atoms with van der Waals surface area (Å²) in [5, 5.41) is 6.50. The fraction of sp³-hybridized carbons (Fsp3) is 0.174. The van der Waals surface area contributed by atoms with E-state index in [4.69, 9.17) is 16.3 Å². The molecular weight excluding hydrogens is 372 g/mol. The van der Waals surface area contributed by atoms with Crippen molar-refractivity contribution in [1.82, 2.24) is 0 Å². The zero-order valence-electron chi connectivity index (χ0n) is 15.5. The van der Waals surface area contributed by atoms with Crippen molar-refractivity contribution in [3.05, 3.63) is 89.4 Å². The number of nitrogens with one attached hydrogen (secondary N) is 2. The Hall–Kier alpha value is -2.98. The minimum absolute atomic E-state index is 0.142. The van der Waals surface area contributed by atoms with E-state index >= 15 is 0 Å². The third-order valence-corrected chi connectivity index (χ3v) is 4.35. The smallest absolute Gasteiger partial charge is 0.243 e. The van der Waals surface area contributed by atoms with Crippen LogP contribution in [0.4, 0.5) is 11.4 Å². The summed E-state index contributed by atoms with van der Waals surface area (Å²) in [5.41, 5.74) is 2.82. The van der Waals surface area contributed by atoms with Gasteiger partial charge in [0.25, 0.3) is 0 Å². The van der Waals surface area contributed by atoms with Gasteiger partial charge in [-0.2, -0.15) is 0 Å². The average molecular weight is 395 g/mol. The summed E-state index contributed by atoms with van der Waals surface area (Å²) >= 11 is 5.92. The van der Waals surface area contributed by atoms with Crippen LogP contribution in [0.25, 0.3) is 0 Å². The van der Waals surface area contributed by atoms with E-state index in [2.05, 4.69) is 22.8 Å². The molecule has 0 unspecified atom stereocenters. The maximum Gasteiger partial charge on any atom is 0.243 e. The van der Waals surface area contributed by atoms with Crippen molar-refractivity contribution in [2.24, 2.45) is 0 Å². The van der Waals surface area contributed by atoms with Crippen LogP contribution in [0.15, 0.2) is 78.9 Å². The van der Waals surface area contributed by atoms with Gasteiger partial charge in [-0.25, -0.2) is 0 Å². The monoisotopic (exact) mass is 394 g/mol. The lowest BCUT2D eigenvalue weighted by molar-refractivity contribution is -0.114. The third-order valence-electron chi connectivity index (χ3n) is 4.12. The zero-order valence-corrected chi connectivity index (χ0v) is 16.3. The number of aryl methyl sites for hydroxylation is 1. The molecule has 3 rings (SSSR count). The molecule has 0 fully saturated rings. The quantitative estimate of drug-likeness (QED) is 0.477. The third kappa shape index (κ3) is 6.63. The van der Waals surface area contributed by atoms with Gasteiger partial charge in [0.2, 0.25) is 5.91 Å². The molecule has 0 aliphatic rings. The molecule has 0 aromatic heterocycles. The van der Waals surface area contributed by atoms with Gasteiger partial charge in [-0.05, 0) is 48.7 Å². The number of ether oxygens (including phenoxy) is 1. The van der Waals surface area contributed by atoms with Crippen molar-refractivity contribution in [1.29, 1.82) is 0 Å². The normalized spacial score (nSPS) is 10.3. The molecule has 5 heteroatoms. The number of benzene rings is 3. The minimum atomic E-state index is -0.142. The highest BCUT2D eigenvalue weighted by Crippen LogP contribution is 2.18. The lowest BCUT2D eigenvalue weighted by atomic mass is 10.1. The Balaban J connectivity index is 1.42. The molecule has 0 spiro atoms. The van der Waals surface area contributed by atoms with Crippen LogP contribution in [0, 0.1) is 0 Å². The van der Waals surface area contributed by atoms with Crippen molar-refractivity contribution in [2.75, 3.05) is 23.8 Å². The summed E-state index contributed by atoms with van der Waals surface area (Å²) in [4.78, 5) is 12.1. The van der Waals surface area contributed by atoms with E-state index in [0.29, 0.717) is 17.3 Å². The molecule has 0 aliphatic carbocycles. The van der Waals surface area contributed by atoms with Gasteiger partial charge >= 0.3 is 0 Å². The summed E-state index contributed by atoms with van der Waals surface area (Å²) in [6.45, 7) is 0.803. The Labute approximate surface area is 170 Å². The Kier molecular flexibility index (Phi) is 7.33. The van der Waals surface area contributed by atoms with E-state index in [1.54, 1.807) is 24.3 Å². The molecule has 0 heterocycles. The predicted molar refractivity (Wildman–Crippen MR) is 115 cm³/mol. The highest BCUT2D eigenvalue weighted by atomic mass is 35.5. The molecule has 0 bridgehead atoms. The molecular formula is C23H23ClN2O2. The van der Waals surface area contributed by atoms with Crippen molar-refractivity contribution >= 4 is 28.9 Å². The fourth-order valence-corrected chi connectivity index (χ4v) is 2.95. The number of amides is 1. The molecule has 144 valence electrons. The van der Waals surface area contributed by atoms with E-state index in [0.717, 1.165) is 24.3 Å². The minimum Gasteiger partial charge on any atom is -0.494 e. The average Bonchev–Trinajstić information content (AvgIpc) is 2.71. The first-order valence-electron chi connectivity index (χ1n) is 9.25. The second-order valence-electron chi connectivity index (χ2n) is 6.38. The Morgan fingerprint density at radius 3 is 2.50 bits per heavy atom. The first-order valence-corrected chi connectivity index (χ1v) is 9.63. The molecule has 0 atom stereocenters. The molecule has 1 amide bonds. The van der Waals surface area contributed by atoms with Crippen LogP contribution in [0.2, 0.25) is 5.02 Å². The van der Waals surface area contributed by atoms with E-state index in [1.165, 1.54) is 5.56 Å². The predicted octanol–water partition coefficient (Wildman–Crippen LogP) is 5.40. The second-order valence-corrected chi connectivity index (χ2v) is 6.81. The molecule has 0 saturated carbocycles. The molecule has 3 aromatic rings. The van der Waals surface area contributed by atoms with Gasteiger partial charge in [0.05, 0.1) is 13.2 Å². The SMILES string of the molecule is O=C(CNc1cccc(OCCCc2ccccc2)c1)Nc1cccc(Cl)c1. The number of carbonyl (C=O) groups excluding carboxylic acids is 1. The number of anilines is 2. The number of carbonyl (C=O) groups is 1. The summed E-state index contributed by atoms with van der Waals surface area (Å²) in [5.74, 6) is 0.643. The van der Waals surface area contributed by atoms with E-state index in [1.807, 2.05) is 42.5 Å². The molecule has 0 aliphatic heterocycles. The Morgan fingerprint density at radius 2 is 1.68 bits per heavy atom. The lowest BCUT2D eigenvalue weighted by Gasteiger charge is -2.10. The first-order chi connectivity index (χ1) is 13.7. The topological polar surface area (TPSA) is 50.4 Å². The summed E-state index contributed by atoms with van der Waals surface area (Å²) in [7, 11) is 0. The van der Waals surface area contributed by atoms with Crippen LogP contribution in [-0.4, -0.2) is 19.1 Å². The van der Waals surface area contributed by atoms with E-state index in [-0.39, 0.29) is 12.5 Å². The first kappa shape index (κ1) is 19.8.